The van der Waals surface area contributed by atoms with Crippen molar-refractivity contribution in [3.63, 3.8) is 0 Å². The topological polar surface area (TPSA) is 69.2 Å². The van der Waals surface area contributed by atoms with E-state index in [0.29, 0.717) is 17.3 Å². The first-order chi connectivity index (χ1) is 9.28. The molecule has 0 amide bonds. The highest BCUT2D eigenvalue weighted by Gasteiger charge is 2.20. The number of hydrogen-bond acceptors (Lipinski definition) is 4. The van der Waals surface area contributed by atoms with Gasteiger partial charge in [-0.3, -0.25) is 9.78 Å². The fourth-order valence-corrected chi connectivity index (χ4v) is 2.55. The molecule has 100 valence electrons. The number of aliphatic hydroxyl groups excluding tert-OH is 1. The van der Waals surface area contributed by atoms with Gasteiger partial charge < -0.3 is 10.0 Å². The highest BCUT2D eigenvalue weighted by Crippen LogP contribution is 2.20. The lowest BCUT2D eigenvalue weighted by Gasteiger charge is -2.31. The van der Waals surface area contributed by atoms with E-state index >= 15 is 0 Å². The van der Waals surface area contributed by atoms with Gasteiger partial charge in [-0.1, -0.05) is 12.1 Å². The summed E-state index contributed by atoms with van der Waals surface area (Å²) in [4.78, 5) is 21.5. The van der Waals surface area contributed by atoms with Crippen molar-refractivity contribution in [2.45, 2.75) is 12.8 Å². The number of H-pyrrole nitrogens is 1. The lowest BCUT2D eigenvalue weighted by molar-refractivity contribution is 0.202. The van der Waals surface area contributed by atoms with Crippen LogP contribution in [0.3, 0.4) is 0 Å². The standard InChI is InChI=1S/C14H17N3O2/c18-9-10-5-7-17(8-6-10)14-15-12-4-2-1-3-11(12)13(19)16-14/h1-4,10,18H,5-9H2,(H,15,16,19). The minimum absolute atomic E-state index is 0.0927. The Kier molecular flexibility index (Phi) is 3.21. The van der Waals surface area contributed by atoms with Gasteiger partial charge in [0.15, 0.2) is 0 Å². The molecule has 0 aliphatic carbocycles. The summed E-state index contributed by atoms with van der Waals surface area (Å²) in [6.45, 7) is 1.90. The van der Waals surface area contributed by atoms with Gasteiger partial charge in [0.2, 0.25) is 5.95 Å². The molecule has 0 radical (unpaired) electrons. The third-order valence-electron chi connectivity index (χ3n) is 3.77. The van der Waals surface area contributed by atoms with E-state index in [4.69, 9.17) is 5.11 Å². The van der Waals surface area contributed by atoms with Crippen LogP contribution in [0.25, 0.3) is 10.9 Å². The highest BCUT2D eigenvalue weighted by atomic mass is 16.3. The molecular weight excluding hydrogens is 242 g/mol. The lowest BCUT2D eigenvalue weighted by Crippen LogP contribution is -2.36. The number of nitrogens with one attached hydrogen (secondary N) is 1. The van der Waals surface area contributed by atoms with Gasteiger partial charge in [0.05, 0.1) is 10.9 Å². The normalized spacial score (nSPS) is 17.0. The van der Waals surface area contributed by atoms with E-state index in [1.54, 1.807) is 6.07 Å². The van der Waals surface area contributed by atoms with Crippen molar-refractivity contribution in [3.8, 4) is 0 Å². The second kappa shape index (κ2) is 5.01. The van der Waals surface area contributed by atoms with Gasteiger partial charge in [-0.05, 0) is 30.9 Å². The maximum Gasteiger partial charge on any atom is 0.260 e. The number of nitrogens with zero attached hydrogens (tertiary/aromatic N) is 2. The second-order valence-corrected chi connectivity index (χ2v) is 5.02. The van der Waals surface area contributed by atoms with E-state index in [2.05, 4.69) is 14.9 Å². The summed E-state index contributed by atoms with van der Waals surface area (Å²) in [5, 5.41) is 9.76. The molecule has 0 atom stereocenters. The Morgan fingerprint density at radius 3 is 2.79 bits per heavy atom. The third-order valence-corrected chi connectivity index (χ3v) is 3.77. The maximum absolute atomic E-state index is 12.0. The number of fused-ring (bicyclic) bond motifs is 1. The summed E-state index contributed by atoms with van der Waals surface area (Å²) >= 11 is 0. The third kappa shape index (κ3) is 2.33. The summed E-state index contributed by atoms with van der Waals surface area (Å²) in [7, 11) is 0. The number of anilines is 1. The van der Waals surface area contributed by atoms with Crippen LogP contribution in [0.5, 0.6) is 0 Å². The monoisotopic (exact) mass is 259 g/mol. The SMILES string of the molecule is O=c1[nH]c(N2CCC(CO)CC2)nc2ccccc12. The van der Waals surface area contributed by atoms with Gasteiger partial charge >= 0.3 is 0 Å². The number of piperidine rings is 1. The van der Waals surface area contributed by atoms with E-state index in [9.17, 15) is 4.79 Å². The largest absolute Gasteiger partial charge is 0.396 e. The summed E-state index contributed by atoms with van der Waals surface area (Å²) in [6, 6.07) is 7.36. The fraction of sp³-hybridized carbons (Fsp3) is 0.429. The fourth-order valence-electron chi connectivity index (χ4n) is 2.55. The molecule has 19 heavy (non-hydrogen) atoms. The van der Waals surface area contributed by atoms with Crippen LogP contribution in [0.4, 0.5) is 5.95 Å². The number of para-hydroxylation sites is 1. The first kappa shape index (κ1) is 12.2. The molecule has 2 aromatic rings. The van der Waals surface area contributed by atoms with Crippen molar-refractivity contribution < 1.29 is 5.11 Å². The van der Waals surface area contributed by atoms with Crippen LogP contribution in [-0.4, -0.2) is 34.8 Å². The molecule has 1 aromatic carbocycles. The molecule has 5 nitrogen and oxygen atoms in total. The Labute approximate surface area is 110 Å². The predicted octanol–water partition coefficient (Wildman–Crippen LogP) is 1.13. The first-order valence-corrected chi connectivity index (χ1v) is 6.63. The molecule has 3 rings (SSSR count). The minimum Gasteiger partial charge on any atom is -0.396 e. The predicted molar refractivity (Wildman–Crippen MR) is 74.4 cm³/mol. The van der Waals surface area contributed by atoms with Crippen molar-refractivity contribution in [1.82, 2.24) is 9.97 Å². The zero-order valence-corrected chi connectivity index (χ0v) is 10.7. The van der Waals surface area contributed by atoms with E-state index < -0.39 is 0 Å². The smallest absolute Gasteiger partial charge is 0.260 e. The molecule has 2 N–H and O–H groups in total. The van der Waals surface area contributed by atoms with E-state index in [-0.39, 0.29) is 12.2 Å². The number of benzene rings is 1. The quantitative estimate of drug-likeness (QED) is 0.848. The molecule has 1 fully saturated rings. The molecule has 0 unspecified atom stereocenters. The lowest BCUT2D eigenvalue weighted by atomic mass is 9.98. The van der Waals surface area contributed by atoms with E-state index in [1.165, 1.54) is 0 Å². The van der Waals surface area contributed by atoms with Gasteiger partial charge in [0.1, 0.15) is 0 Å². The molecule has 1 saturated heterocycles. The molecule has 0 spiro atoms. The Morgan fingerprint density at radius 2 is 2.05 bits per heavy atom. The van der Waals surface area contributed by atoms with Crippen molar-refractivity contribution >= 4 is 16.9 Å². The number of aromatic nitrogens is 2. The van der Waals surface area contributed by atoms with E-state index in [0.717, 1.165) is 31.4 Å². The molecule has 1 aliphatic heterocycles. The Hall–Kier alpha value is -1.88. The van der Waals surface area contributed by atoms with Crippen LogP contribution in [0.15, 0.2) is 29.1 Å². The van der Waals surface area contributed by atoms with Crippen LogP contribution < -0.4 is 10.5 Å². The first-order valence-electron chi connectivity index (χ1n) is 6.63. The second-order valence-electron chi connectivity index (χ2n) is 5.02. The molecule has 0 saturated carbocycles. The van der Waals surface area contributed by atoms with Gasteiger partial charge in [-0.15, -0.1) is 0 Å². The van der Waals surface area contributed by atoms with Crippen molar-refractivity contribution in [2.75, 3.05) is 24.6 Å². The summed E-state index contributed by atoms with van der Waals surface area (Å²) in [5.74, 6) is 1.02. The van der Waals surface area contributed by atoms with Gasteiger partial charge in [-0.25, -0.2) is 4.98 Å². The maximum atomic E-state index is 12.0. The number of rotatable bonds is 2. The molecular formula is C14H17N3O2. The molecule has 1 aromatic heterocycles. The zero-order valence-electron chi connectivity index (χ0n) is 10.7. The Balaban J connectivity index is 1.92. The zero-order chi connectivity index (χ0) is 13.2. The van der Waals surface area contributed by atoms with Crippen molar-refractivity contribution in [1.29, 1.82) is 0 Å². The minimum atomic E-state index is -0.0927. The van der Waals surface area contributed by atoms with E-state index in [1.807, 2.05) is 18.2 Å². The van der Waals surface area contributed by atoms with Crippen LogP contribution in [0.1, 0.15) is 12.8 Å². The number of aliphatic hydroxyl groups is 1. The summed E-state index contributed by atoms with van der Waals surface area (Å²) < 4.78 is 0. The van der Waals surface area contributed by atoms with Crippen LogP contribution >= 0.6 is 0 Å². The highest BCUT2D eigenvalue weighted by molar-refractivity contribution is 5.78. The molecule has 2 heterocycles. The number of hydrogen-bond donors (Lipinski definition) is 2. The summed E-state index contributed by atoms with van der Waals surface area (Å²) in [6.07, 6.45) is 1.88. The average Bonchev–Trinajstić information content (AvgIpc) is 2.47. The van der Waals surface area contributed by atoms with Crippen LogP contribution in [-0.2, 0) is 0 Å². The van der Waals surface area contributed by atoms with Crippen LogP contribution in [0.2, 0.25) is 0 Å². The average molecular weight is 259 g/mol. The van der Waals surface area contributed by atoms with Crippen molar-refractivity contribution in [3.05, 3.63) is 34.6 Å². The van der Waals surface area contributed by atoms with Gasteiger partial charge in [0.25, 0.3) is 5.56 Å². The molecule has 0 bridgehead atoms. The Bertz CT molecular complexity index is 630. The molecule has 1 aliphatic rings. The van der Waals surface area contributed by atoms with Gasteiger partial charge in [-0.2, -0.15) is 0 Å². The molecule has 5 heteroatoms. The van der Waals surface area contributed by atoms with Gasteiger partial charge in [0, 0.05) is 19.7 Å². The Morgan fingerprint density at radius 1 is 1.32 bits per heavy atom. The van der Waals surface area contributed by atoms with Crippen molar-refractivity contribution in [2.24, 2.45) is 5.92 Å². The number of aromatic amines is 1. The summed E-state index contributed by atoms with van der Waals surface area (Å²) in [5.41, 5.74) is 0.635. The van der Waals surface area contributed by atoms with Crippen LogP contribution in [0, 0.1) is 5.92 Å².